The van der Waals surface area contributed by atoms with Crippen LogP contribution in [0.2, 0.25) is 0 Å². The zero-order valence-corrected chi connectivity index (χ0v) is 34.7. The molecule has 7 heteroatoms. The van der Waals surface area contributed by atoms with Crippen LogP contribution < -0.4 is 4.74 Å². The summed E-state index contributed by atoms with van der Waals surface area (Å²) in [6.07, 6.45) is 9.37. The third-order valence-corrected chi connectivity index (χ3v) is 16.0. The second kappa shape index (κ2) is 15.2. The SMILES string of the molecule is CC1=CCC[C@@]2(C)[C@@H](CC[C@@]2(O)CN(C[C@@H]2CC[C@H]3C[C@@H]2C3(C)C)C(=O)Oc2ccc3ccccc3c2)c2ccc(cc2C(=O)c2ccc(C)s2)C[C@@H](O)CC1. The van der Waals surface area contributed by atoms with E-state index in [1.54, 1.807) is 0 Å². The molecule has 2 N–H and O–H groups in total. The number of aliphatic hydroxyl groups is 2. The number of aliphatic hydroxyl groups excluding tert-OH is 1. The summed E-state index contributed by atoms with van der Waals surface area (Å²) in [6.45, 7) is 11.8. The van der Waals surface area contributed by atoms with Crippen LogP contribution >= 0.6 is 11.3 Å². The largest absolute Gasteiger partial charge is 0.415 e. The maximum atomic E-state index is 14.6. The average molecular weight is 774 g/mol. The van der Waals surface area contributed by atoms with E-state index in [1.807, 2.05) is 66.4 Å². The van der Waals surface area contributed by atoms with Crippen LogP contribution in [0, 0.1) is 35.5 Å². The fourth-order valence-corrected chi connectivity index (χ4v) is 12.1. The van der Waals surface area contributed by atoms with Crippen LogP contribution in [0.4, 0.5) is 4.79 Å². The van der Waals surface area contributed by atoms with Crippen molar-refractivity contribution < 1.29 is 24.5 Å². The quantitative estimate of drug-likeness (QED) is 0.144. The van der Waals surface area contributed by atoms with E-state index < -0.39 is 23.2 Å². The van der Waals surface area contributed by atoms with Gasteiger partial charge in [0, 0.05) is 22.4 Å². The summed E-state index contributed by atoms with van der Waals surface area (Å²) in [4.78, 5) is 32.6. The lowest BCUT2D eigenvalue weighted by atomic mass is 9.45. The molecule has 0 unspecified atom stereocenters. The number of amides is 1. The maximum Gasteiger partial charge on any atom is 0.415 e. The van der Waals surface area contributed by atoms with E-state index in [2.05, 4.69) is 52.0 Å². The van der Waals surface area contributed by atoms with Gasteiger partial charge in [0.2, 0.25) is 5.78 Å². The molecule has 4 aromatic rings. The summed E-state index contributed by atoms with van der Waals surface area (Å²) >= 11 is 1.51. The van der Waals surface area contributed by atoms with Gasteiger partial charge in [-0.3, -0.25) is 4.79 Å². The molecule has 6 nitrogen and oxygen atoms in total. The Bertz CT molecular complexity index is 2150. The first-order valence-electron chi connectivity index (χ1n) is 21.0. The molecule has 296 valence electrons. The number of nitrogens with zero attached hydrogens (tertiary/aromatic N) is 1. The van der Waals surface area contributed by atoms with Crippen molar-refractivity contribution in [1.29, 1.82) is 0 Å². The van der Waals surface area contributed by atoms with Crippen LogP contribution in [0.1, 0.15) is 123 Å². The number of thiophene rings is 1. The number of rotatable bonds is 7. The number of aryl methyl sites for hydroxylation is 1. The number of ether oxygens (including phenoxy) is 1. The van der Waals surface area contributed by atoms with Gasteiger partial charge >= 0.3 is 6.09 Å². The predicted octanol–water partition coefficient (Wildman–Crippen LogP) is 11.1. The Morgan fingerprint density at radius 3 is 2.46 bits per heavy atom. The highest BCUT2D eigenvalue weighted by molar-refractivity contribution is 7.14. The number of hydrogen-bond acceptors (Lipinski definition) is 6. The van der Waals surface area contributed by atoms with E-state index >= 15 is 0 Å². The number of carbonyl (C=O) groups is 2. The van der Waals surface area contributed by atoms with E-state index in [1.165, 1.54) is 29.8 Å². The molecule has 0 saturated heterocycles. The van der Waals surface area contributed by atoms with Gasteiger partial charge in [-0.1, -0.05) is 74.9 Å². The van der Waals surface area contributed by atoms with E-state index in [4.69, 9.17) is 4.74 Å². The summed E-state index contributed by atoms with van der Waals surface area (Å²) in [5, 5.41) is 26.4. The smallest absolute Gasteiger partial charge is 0.410 e. The van der Waals surface area contributed by atoms with Crippen molar-refractivity contribution in [2.75, 3.05) is 13.1 Å². The van der Waals surface area contributed by atoms with Crippen LogP contribution in [0.3, 0.4) is 0 Å². The third kappa shape index (κ3) is 7.29. The first-order valence-corrected chi connectivity index (χ1v) is 21.8. The summed E-state index contributed by atoms with van der Waals surface area (Å²) in [7, 11) is 0. The van der Waals surface area contributed by atoms with E-state index in [0.717, 1.165) is 52.0 Å². The number of hydrogen-bond donors (Lipinski definition) is 2. The molecule has 0 spiro atoms. The molecule has 4 saturated carbocycles. The van der Waals surface area contributed by atoms with Gasteiger partial charge in [-0.25, -0.2) is 4.79 Å². The van der Waals surface area contributed by atoms with Gasteiger partial charge in [0.15, 0.2) is 0 Å². The molecule has 3 aromatic carbocycles. The highest BCUT2D eigenvalue weighted by Crippen LogP contribution is 2.62. The van der Waals surface area contributed by atoms with Crippen molar-refractivity contribution in [1.82, 2.24) is 4.90 Å². The van der Waals surface area contributed by atoms with Crippen LogP contribution in [0.15, 0.2) is 84.4 Å². The molecule has 1 aromatic heterocycles. The molecule has 0 aliphatic heterocycles. The highest BCUT2D eigenvalue weighted by atomic mass is 32.1. The zero-order chi connectivity index (χ0) is 39.4. The minimum atomic E-state index is -1.24. The lowest BCUT2D eigenvalue weighted by Gasteiger charge is -2.60. The van der Waals surface area contributed by atoms with Gasteiger partial charge in [-0.2, -0.15) is 0 Å². The summed E-state index contributed by atoms with van der Waals surface area (Å²) in [6, 6.07) is 23.9. The van der Waals surface area contributed by atoms with Crippen molar-refractivity contribution in [3.8, 4) is 5.75 Å². The first kappa shape index (κ1) is 39.1. The van der Waals surface area contributed by atoms with Gasteiger partial charge in [0.05, 0.1) is 23.1 Å². The summed E-state index contributed by atoms with van der Waals surface area (Å²) < 4.78 is 6.23. The summed E-state index contributed by atoms with van der Waals surface area (Å²) in [5.74, 6) is 1.99. The molecule has 4 bridgehead atoms. The Kier molecular flexibility index (Phi) is 10.6. The van der Waals surface area contributed by atoms with Crippen molar-refractivity contribution in [2.45, 2.75) is 116 Å². The van der Waals surface area contributed by atoms with Gasteiger partial charge in [-0.05, 0) is 159 Å². The molecule has 6 aliphatic rings. The average Bonchev–Trinajstić information content (AvgIpc) is 3.72. The molecular weight excluding hydrogens is 715 g/mol. The van der Waals surface area contributed by atoms with Gasteiger partial charge in [0.1, 0.15) is 5.75 Å². The van der Waals surface area contributed by atoms with Crippen LogP contribution in [0.25, 0.3) is 10.8 Å². The second-order valence-corrected chi connectivity index (χ2v) is 19.9. The fraction of sp³-hybridized carbons (Fsp3) is 0.510. The zero-order valence-electron chi connectivity index (χ0n) is 33.9. The molecular formula is C49H59NO5S. The molecule has 4 fully saturated rings. The lowest BCUT2D eigenvalue weighted by molar-refractivity contribution is -0.119. The molecule has 6 aliphatic carbocycles. The van der Waals surface area contributed by atoms with Gasteiger partial charge in [0.25, 0.3) is 0 Å². The van der Waals surface area contributed by atoms with Crippen molar-refractivity contribution >= 4 is 34.0 Å². The van der Waals surface area contributed by atoms with Crippen LogP contribution in [-0.2, 0) is 6.42 Å². The molecule has 7 atom stereocenters. The Labute approximate surface area is 337 Å². The van der Waals surface area contributed by atoms with Crippen molar-refractivity contribution in [2.24, 2.45) is 28.6 Å². The normalized spacial score (nSPS) is 29.8. The number of allylic oxidation sites excluding steroid dienone is 2. The van der Waals surface area contributed by atoms with Crippen LogP contribution in [-0.4, -0.2) is 51.8 Å². The monoisotopic (exact) mass is 773 g/mol. The molecule has 10 rings (SSSR count). The van der Waals surface area contributed by atoms with Crippen LogP contribution in [0.5, 0.6) is 5.75 Å². The van der Waals surface area contributed by atoms with E-state index in [0.29, 0.717) is 66.7 Å². The number of ketones is 1. The Balaban J connectivity index is 1.17. The predicted molar refractivity (Wildman–Crippen MR) is 226 cm³/mol. The lowest BCUT2D eigenvalue weighted by Crippen LogP contribution is -2.58. The summed E-state index contributed by atoms with van der Waals surface area (Å²) in [5.41, 5.74) is 2.15. The number of carbonyl (C=O) groups excluding carboxylic acids is 2. The highest BCUT2D eigenvalue weighted by Gasteiger charge is 2.59. The molecule has 1 heterocycles. The van der Waals surface area contributed by atoms with Crippen molar-refractivity contribution in [3.05, 3.63) is 111 Å². The molecule has 0 radical (unpaired) electrons. The number of fused-ring (bicyclic) bond motifs is 11. The van der Waals surface area contributed by atoms with Gasteiger partial charge < -0.3 is 19.8 Å². The topological polar surface area (TPSA) is 87.1 Å². The first-order chi connectivity index (χ1) is 26.7. The van der Waals surface area contributed by atoms with Gasteiger partial charge in [-0.15, -0.1) is 11.3 Å². The Hall–Kier alpha value is -3.78. The van der Waals surface area contributed by atoms with Crippen molar-refractivity contribution in [3.63, 3.8) is 0 Å². The minimum Gasteiger partial charge on any atom is -0.410 e. The number of benzene rings is 3. The Morgan fingerprint density at radius 2 is 1.71 bits per heavy atom. The minimum absolute atomic E-state index is 0.00521. The Morgan fingerprint density at radius 1 is 0.911 bits per heavy atom. The molecule has 56 heavy (non-hydrogen) atoms. The fourth-order valence-electron chi connectivity index (χ4n) is 11.3. The van der Waals surface area contributed by atoms with E-state index in [-0.39, 0.29) is 23.7 Å². The molecule has 1 amide bonds. The second-order valence-electron chi connectivity index (χ2n) is 18.6. The maximum absolute atomic E-state index is 14.6. The third-order valence-electron chi connectivity index (χ3n) is 15.0. The van der Waals surface area contributed by atoms with E-state index in [9.17, 15) is 19.8 Å². The standard InChI is InChI=1S/C49H59NO5S/c1-31-9-8-23-48(5)42(40-20-14-33(25-38(51)18-12-31)26-41(40)45(52)44-21-13-32(2)56-44)22-24-49(48,54)30-50(29-36-15-17-37-28-43(36)47(37,3)4)46(53)55-39-19-16-34-10-6-7-11-35(34)27-39/h6-7,9-11,13-14,16,19-21,26-27,36-38,42-43,51,54H,8,12,15,17-18,22-25,28-30H2,1-5H3/t36-,37-,38-,42-,43-,48-,49+/m0/s1.